The molecule has 0 radical (unpaired) electrons. The lowest BCUT2D eigenvalue weighted by molar-refractivity contribution is 0.805. The summed E-state index contributed by atoms with van der Waals surface area (Å²) in [6, 6.07) is 5.95. The summed E-state index contributed by atoms with van der Waals surface area (Å²) in [4.78, 5) is 4.25. The van der Waals surface area contributed by atoms with E-state index in [4.69, 9.17) is 0 Å². The van der Waals surface area contributed by atoms with Crippen LogP contribution in [-0.4, -0.2) is 4.98 Å². The first-order chi connectivity index (χ1) is 7.45. The highest BCUT2D eigenvalue weighted by Gasteiger charge is 1.94. The van der Waals surface area contributed by atoms with Crippen molar-refractivity contribution in [2.45, 2.75) is 13.0 Å². The van der Waals surface area contributed by atoms with E-state index < -0.39 is 0 Å². The van der Waals surface area contributed by atoms with Crippen LogP contribution < -0.4 is 5.32 Å². The van der Waals surface area contributed by atoms with Gasteiger partial charge < -0.3 is 5.32 Å². The van der Waals surface area contributed by atoms with Crippen LogP contribution in [0.3, 0.4) is 0 Å². The third kappa shape index (κ3) is 3.09. The predicted molar refractivity (Wildman–Crippen MR) is 62.1 cm³/mol. The second kappa shape index (κ2) is 5.15. The standard InChI is InChI=1S/C13H14N2/c1-2-4-8-12(7-3-1)15-11-13-9-5-6-10-14-13/h1,3-10,15H,2,11H2. The van der Waals surface area contributed by atoms with Crippen LogP contribution in [0, 0.1) is 0 Å². The molecule has 1 aliphatic carbocycles. The molecule has 0 bridgehead atoms. The summed E-state index contributed by atoms with van der Waals surface area (Å²) in [5.74, 6) is 0. The third-order valence-electron chi connectivity index (χ3n) is 2.18. The highest BCUT2D eigenvalue weighted by Crippen LogP contribution is 2.02. The minimum atomic E-state index is 0.769. The van der Waals surface area contributed by atoms with E-state index in [9.17, 15) is 0 Å². The molecule has 1 aromatic rings. The van der Waals surface area contributed by atoms with Crippen LogP contribution in [0.2, 0.25) is 0 Å². The Balaban J connectivity index is 1.93. The number of hydrogen-bond acceptors (Lipinski definition) is 2. The van der Waals surface area contributed by atoms with Crippen molar-refractivity contribution < 1.29 is 0 Å². The van der Waals surface area contributed by atoms with Gasteiger partial charge in [-0.2, -0.15) is 0 Å². The summed E-state index contributed by atoms with van der Waals surface area (Å²) in [5.41, 5.74) is 2.19. The van der Waals surface area contributed by atoms with E-state index in [0.29, 0.717) is 0 Å². The Bertz CT molecular complexity index is 388. The van der Waals surface area contributed by atoms with Gasteiger partial charge in [-0.25, -0.2) is 0 Å². The Hall–Kier alpha value is -1.83. The number of rotatable bonds is 3. The van der Waals surface area contributed by atoms with Crippen molar-refractivity contribution in [1.29, 1.82) is 0 Å². The number of allylic oxidation sites excluding steroid dienone is 5. The first-order valence-electron chi connectivity index (χ1n) is 5.12. The van der Waals surface area contributed by atoms with Gasteiger partial charge in [0.15, 0.2) is 0 Å². The molecule has 0 amide bonds. The fourth-order valence-corrected chi connectivity index (χ4v) is 1.39. The maximum atomic E-state index is 4.25. The molecule has 0 saturated heterocycles. The largest absolute Gasteiger partial charge is 0.379 e. The Morgan fingerprint density at radius 2 is 2.27 bits per heavy atom. The first-order valence-corrected chi connectivity index (χ1v) is 5.12. The zero-order valence-corrected chi connectivity index (χ0v) is 8.56. The number of pyridine rings is 1. The van der Waals surface area contributed by atoms with Gasteiger partial charge in [-0.1, -0.05) is 24.3 Å². The van der Waals surface area contributed by atoms with Crippen LogP contribution >= 0.6 is 0 Å². The minimum absolute atomic E-state index is 0.769. The van der Waals surface area contributed by atoms with Gasteiger partial charge in [-0.05, 0) is 30.7 Å². The van der Waals surface area contributed by atoms with E-state index in [0.717, 1.165) is 24.4 Å². The highest BCUT2D eigenvalue weighted by atomic mass is 14.9. The molecule has 1 aromatic heterocycles. The molecule has 0 unspecified atom stereocenters. The van der Waals surface area contributed by atoms with Gasteiger partial charge in [0.2, 0.25) is 0 Å². The molecule has 0 atom stereocenters. The molecule has 0 aliphatic heterocycles. The summed E-state index contributed by atoms with van der Waals surface area (Å²) in [6.07, 6.45) is 13.3. The molecule has 0 saturated carbocycles. The van der Waals surface area contributed by atoms with E-state index in [-0.39, 0.29) is 0 Å². The molecule has 2 heteroatoms. The molecule has 1 aliphatic rings. The number of nitrogens with zero attached hydrogens (tertiary/aromatic N) is 1. The topological polar surface area (TPSA) is 24.9 Å². The van der Waals surface area contributed by atoms with Crippen LogP contribution in [-0.2, 0) is 6.54 Å². The van der Waals surface area contributed by atoms with Crippen molar-refractivity contribution in [3.63, 3.8) is 0 Å². The molecule has 0 aromatic carbocycles. The average molecular weight is 198 g/mol. The van der Waals surface area contributed by atoms with Gasteiger partial charge in [-0.3, -0.25) is 4.98 Å². The normalized spacial score (nSPS) is 14.5. The third-order valence-corrected chi connectivity index (χ3v) is 2.18. The van der Waals surface area contributed by atoms with E-state index in [2.05, 4.69) is 40.7 Å². The van der Waals surface area contributed by atoms with Crippen LogP contribution in [0.1, 0.15) is 12.1 Å². The lowest BCUT2D eigenvalue weighted by Gasteiger charge is -2.05. The van der Waals surface area contributed by atoms with Crippen molar-refractivity contribution in [3.8, 4) is 0 Å². The Morgan fingerprint density at radius 3 is 3.13 bits per heavy atom. The number of nitrogens with one attached hydrogen (secondary N) is 1. The zero-order chi connectivity index (χ0) is 10.3. The number of aromatic nitrogens is 1. The van der Waals surface area contributed by atoms with Gasteiger partial charge >= 0.3 is 0 Å². The van der Waals surface area contributed by atoms with Crippen molar-refractivity contribution >= 4 is 0 Å². The SMILES string of the molecule is C1=CCC=CC(NCc2ccccn2)=C1. The smallest absolute Gasteiger partial charge is 0.0594 e. The maximum absolute atomic E-state index is 4.25. The molecular weight excluding hydrogens is 184 g/mol. The Morgan fingerprint density at radius 1 is 1.27 bits per heavy atom. The molecule has 1 heterocycles. The summed E-state index contributed by atoms with van der Waals surface area (Å²) < 4.78 is 0. The van der Waals surface area contributed by atoms with Crippen LogP contribution in [0.15, 0.2) is 60.5 Å². The van der Waals surface area contributed by atoms with Crippen LogP contribution in [0.5, 0.6) is 0 Å². The molecular formula is C13H14N2. The highest BCUT2D eigenvalue weighted by molar-refractivity contribution is 5.26. The number of hydrogen-bond donors (Lipinski definition) is 1. The van der Waals surface area contributed by atoms with Gasteiger partial charge in [-0.15, -0.1) is 0 Å². The lowest BCUT2D eigenvalue weighted by Crippen LogP contribution is -2.11. The van der Waals surface area contributed by atoms with E-state index >= 15 is 0 Å². The quantitative estimate of drug-likeness (QED) is 0.807. The lowest BCUT2D eigenvalue weighted by atomic mass is 10.3. The fourth-order valence-electron chi connectivity index (χ4n) is 1.39. The molecule has 2 nitrogen and oxygen atoms in total. The summed E-state index contributed by atoms with van der Waals surface area (Å²) >= 11 is 0. The van der Waals surface area contributed by atoms with Crippen LogP contribution in [0.25, 0.3) is 0 Å². The van der Waals surface area contributed by atoms with Crippen molar-refractivity contribution in [2.75, 3.05) is 0 Å². The van der Waals surface area contributed by atoms with Gasteiger partial charge in [0.05, 0.1) is 12.2 Å². The maximum Gasteiger partial charge on any atom is 0.0594 e. The predicted octanol–water partition coefficient (Wildman–Crippen LogP) is 2.57. The Kier molecular flexibility index (Phi) is 3.34. The monoisotopic (exact) mass is 198 g/mol. The van der Waals surface area contributed by atoms with Crippen molar-refractivity contribution in [2.24, 2.45) is 0 Å². The fraction of sp³-hybridized carbons (Fsp3) is 0.154. The van der Waals surface area contributed by atoms with Gasteiger partial charge in [0.1, 0.15) is 0 Å². The van der Waals surface area contributed by atoms with E-state index in [1.165, 1.54) is 0 Å². The second-order valence-corrected chi connectivity index (χ2v) is 3.36. The molecule has 0 spiro atoms. The first kappa shape index (κ1) is 9.71. The Labute approximate surface area is 90.0 Å². The second-order valence-electron chi connectivity index (χ2n) is 3.36. The average Bonchev–Trinajstić information content (AvgIpc) is 2.56. The molecule has 15 heavy (non-hydrogen) atoms. The van der Waals surface area contributed by atoms with Crippen LogP contribution in [0.4, 0.5) is 0 Å². The minimum Gasteiger partial charge on any atom is -0.379 e. The molecule has 1 N–H and O–H groups in total. The van der Waals surface area contributed by atoms with Crippen molar-refractivity contribution in [1.82, 2.24) is 10.3 Å². The summed E-state index contributed by atoms with van der Waals surface area (Å²) in [5, 5.41) is 3.34. The van der Waals surface area contributed by atoms with Gasteiger partial charge in [0.25, 0.3) is 0 Å². The van der Waals surface area contributed by atoms with Crippen molar-refractivity contribution in [3.05, 3.63) is 66.2 Å². The molecule has 76 valence electrons. The summed E-state index contributed by atoms with van der Waals surface area (Å²) in [7, 11) is 0. The van der Waals surface area contributed by atoms with E-state index in [1.807, 2.05) is 24.4 Å². The van der Waals surface area contributed by atoms with E-state index in [1.54, 1.807) is 0 Å². The molecule has 0 fully saturated rings. The molecule has 2 rings (SSSR count). The zero-order valence-electron chi connectivity index (χ0n) is 8.56. The summed E-state index contributed by atoms with van der Waals surface area (Å²) in [6.45, 7) is 0.769. The van der Waals surface area contributed by atoms with Gasteiger partial charge in [0, 0.05) is 11.9 Å².